The molecule has 3 amide bonds. The van der Waals surface area contributed by atoms with Crippen LogP contribution in [0.3, 0.4) is 0 Å². The summed E-state index contributed by atoms with van der Waals surface area (Å²) in [5, 5.41) is 9.43. The number of rotatable bonds is 5. The lowest BCUT2D eigenvalue weighted by atomic mass is 9.53. The molecule has 5 rings (SSSR count). The van der Waals surface area contributed by atoms with Gasteiger partial charge >= 0.3 is 6.03 Å². The first-order chi connectivity index (χ1) is 13.1. The zero-order valence-corrected chi connectivity index (χ0v) is 16.7. The molecule has 4 bridgehead atoms. The normalized spacial score (nSPS) is 35.9. The van der Waals surface area contributed by atoms with Crippen molar-refractivity contribution in [1.82, 2.24) is 16.0 Å². The molecule has 152 valence electrons. The molecule has 5 saturated carbocycles. The minimum Gasteiger partial charge on any atom is -0.353 e. The number of carbonyl (C=O) groups is 2. The second-order valence-electron chi connectivity index (χ2n) is 9.94. The highest BCUT2D eigenvalue weighted by atomic mass is 16.2. The maximum absolute atomic E-state index is 12.4. The Hall–Kier alpha value is -1.26. The standard InChI is InChI=1S/C22H37N3O2/c26-20(24-19-6-4-2-1-3-5-7-19)8-9-23-21(27)25-22-13-16-10-17(14-22)12-18(11-16)15-22/h16-19H,1-15H2,(H,24,26)(H2,23,25,27). The summed E-state index contributed by atoms with van der Waals surface area (Å²) >= 11 is 0. The molecule has 0 radical (unpaired) electrons. The van der Waals surface area contributed by atoms with Crippen molar-refractivity contribution in [2.24, 2.45) is 17.8 Å². The molecule has 0 saturated heterocycles. The third-order valence-electron chi connectivity index (χ3n) is 7.52. The number of nitrogens with one attached hydrogen (secondary N) is 3. The van der Waals surface area contributed by atoms with Gasteiger partial charge in [0.1, 0.15) is 0 Å². The average molecular weight is 376 g/mol. The van der Waals surface area contributed by atoms with Gasteiger partial charge in [0.2, 0.25) is 5.91 Å². The quantitative estimate of drug-likeness (QED) is 0.682. The third kappa shape index (κ3) is 4.97. The van der Waals surface area contributed by atoms with E-state index >= 15 is 0 Å². The van der Waals surface area contributed by atoms with Crippen molar-refractivity contribution in [3.05, 3.63) is 0 Å². The molecule has 0 aromatic carbocycles. The van der Waals surface area contributed by atoms with Gasteiger partial charge in [0.15, 0.2) is 0 Å². The molecule has 0 aliphatic heterocycles. The first-order valence-electron chi connectivity index (χ1n) is 11.5. The summed E-state index contributed by atoms with van der Waals surface area (Å²) in [6, 6.07) is 0.259. The summed E-state index contributed by atoms with van der Waals surface area (Å²) in [7, 11) is 0. The number of urea groups is 1. The minimum absolute atomic E-state index is 0.0416. The maximum Gasteiger partial charge on any atom is 0.315 e. The topological polar surface area (TPSA) is 70.2 Å². The largest absolute Gasteiger partial charge is 0.353 e. The molecule has 0 atom stereocenters. The van der Waals surface area contributed by atoms with E-state index in [-0.39, 0.29) is 17.5 Å². The SMILES string of the molecule is O=C(CCNC(=O)NC12CC3CC(CC(C3)C1)C2)NC1CCCCCCC1. The lowest BCUT2D eigenvalue weighted by Gasteiger charge is -2.56. The monoisotopic (exact) mass is 375 g/mol. The van der Waals surface area contributed by atoms with E-state index in [0.717, 1.165) is 49.9 Å². The molecule has 3 N–H and O–H groups in total. The molecule has 0 aromatic heterocycles. The van der Waals surface area contributed by atoms with E-state index in [2.05, 4.69) is 16.0 Å². The van der Waals surface area contributed by atoms with Crippen LogP contribution in [0.1, 0.15) is 89.9 Å². The highest BCUT2D eigenvalue weighted by molar-refractivity contribution is 5.78. The molecule has 0 spiro atoms. The van der Waals surface area contributed by atoms with Crippen LogP contribution in [0.2, 0.25) is 0 Å². The van der Waals surface area contributed by atoms with Gasteiger partial charge < -0.3 is 16.0 Å². The number of hydrogen-bond donors (Lipinski definition) is 3. The predicted octanol–water partition coefficient (Wildman–Crippen LogP) is 3.87. The Bertz CT molecular complexity index is 504. The lowest BCUT2D eigenvalue weighted by molar-refractivity contribution is -0.121. The molecule has 5 aliphatic carbocycles. The van der Waals surface area contributed by atoms with Crippen molar-refractivity contribution in [1.29, 1.82) is 0 Å². The van der Waals surface area contributed by atoms with Gasteiger partial charge in [-0.15, -0.1) is 0 Å². The number of carbonyl (C=O) groups excluding carboxylic acids is 2. The van der Waals surface area contributed by atoms with E-state index < -0.39 is 0 Å². The smallest absolute Gasteiger partial charge is 0.315 e. The predicted molar refractivity (Wildman–Crippen MR) is 106 cm³/mol. The van der Waals surface area contributed by atoms with Gasteiger partial charge in [0.05, 0.1) is 0 Å². The van der Waals surface area contributed by atoms with Gasteiger partial charge in [-0.3, -0.25) is 4.79 Å². The lowest BCUT2D eigenvalue weighted by Crippen LogP contribution is -2.61. The molecular weight excluding hydrogens is 338 g/mol. The first-order valence-corrected chi connectivity index (χ1v) is 11.5. The summed E-state index contributed by atoms with van der Waals surface area (Å²) in [5.74, 6) is 2.55. The third-order valence-corrected chi connectivity index (χ3v) is 7.52. The molecular formula is C22H37N3O2. The molecule has 0 heterocycles. The minimum atomic E-state index is -0.0734. The summed E-state index contributed by atoms with van der Waals surface area (Å²) in [6.45, 7) is 0.427. The van der Waals surface area contributed by atoms with Crippen molar-refractivity contribution >= 4 is 11.9 Å². The highest BCUT2D eigenvalue weighted by Crippen LogP contribution is 2.55. The van der Waals surface area contributed by atoms with E-state index in [1.54, 1.807) is 0 Å². The molecule has 5 heteroatoms. The Morgan fingerprint density at radius 2 is 1.37 bits per heavy atom. The summed E-state index contributed by atoms with van der Waals surface area (Å²) in [5.41, 5.74) is 0.0416. The van der Waals surface area contributed by atoms with Crippen molar-refractivity contribution in [3.63, 3.8) is 0 Å². The van der Waals surface area contributed by atoms with Crippen LogP contribution < -0.4 is 16.0 Å². The Kier molecular flexibility index (Phi) is 5.93. The van der Waals surface area contributed by atoms with E-state index in [4.69, 9.17) is 0 Å². The van der Waals surface area contributed by atoms with Crippen molar-refractivity contribution in [3.8, 4) is 0 Å². The van der Waals surface area contributed by atoms with Crippen molar-refractivity contribution in [2.75, 3.05) is 6.54 Å². The second kappa shape index (κ2) is 8.40. The van der Waals surface area contributed by atoms with Crippen LogP contribution in [0.25, 0.3) is 0 Å². The Morgan fingerprint density at radius 3 is 1.96 bits per heavy atom. The average Bonchev–Trinajstić information content (AvgIpc) is 2.55. The molecule has 0 aromatic rings. The zero-order chi connectivity index (χ0) is 18.7. The Labute approximate surface area is 163 Å². The van der Waals surface area contributed by atoms with Gasteiger partial charge in [-0.2, -0.15) is 0 Å². The van der Waals surface area contributed by atoms with Crippen LogP contribution in [0.5, 0.6) is 0 Å². The van der Waals surface area contributed by atoms with Crippen LogP contribution >= 0.6 is 0 Å². The van der Waals surface area contributed by atoms with E-state index in [0.29, 0.717) is 19.0 Å². The van der Waals surface area contributed by atoms with Crippen LogP contribution in [0.4, 0.5) is 4.79 Å². The van der Waals surface area contributed by atoms with Gasteiger partial charge in [0.25, 0.3) is 0 Å². The fourth-order valence-corrected chi connectivity index (χ4v) is 6.74. The summed E-state index contributed by atoms with van der Waals surface area (Å²) < 4.78 is 0. The van der Waals surface area contributed by atoms with Crippen LogP contribution in [-0.4, -0.2) is 30.1 Å². The van der Waals surface area contributed by atoms with Gasteiger partial charge in [-0.05, 0) is 69.1 Å². The molecule has 0 unspecified atom stereocenters. The van der Waals surface area contributed by atoms with Crippen LogP contribution in [-0.2, 0) is 4.79 Å². The van der Waals surface area contributed by atoms with E-state index in [9.17, 15) is 9.59 Å². The summed E-state index contributed by atoms with van der Waals surface area (Å²) in [6.07, 6.45) is 16.6. The molecule has 5 fully saturated rings. The maximum atomic E-state index is 12.4. The molecule has 5 nitrogen and oxygen atoms in total. The highest BCUT2D eigenvalue weighted by Gasteiger charge is 2.51. The van der Waals surface area contributed by atoms with Gasteiger partial charge in [0, 0.05) is 24.5 Å². The Balaban J connectivity index is 1.16. The van der Waals surface area contributed by atoms with Crippen molar-refractivity contribution < 1.29 is 9.59 Å². The Morgan fingerprint density at radius 1 is 0.815 bits per heavy atom. The van der Waals surface area contributed by atoms with Crippen molar-refractivity contribution in [2.45, 2.75) is 101 Å². The molecule has 27 heavy (non-hydrogen) atoms. The van der Waals surface area contributed by atoms with Crippen LogP contribution in [0.15, 0.2) is 0 Å². The van der Waals surface area contributed by atoms with E-state index in [1.165, 1.54) is 51.4 Å². The van der Waals surface area contributed by atoms with Gasteiger partial charge in [-0.1, -0.05) is 32.1 Å². The molecule has 5 aliphatic rings. The fraction of sp³-hybridized carbons (Fsp3) is 0.909. The van der Waals surface area contributed by atoms with Crippen LogP contribution in [0, 0.1) is 17.8 Å². The second-order valence-corrected chi connectivity index (χ2v) is 9.94. The van der Waals surface area contributed by atoms with E-state index in [1.807, 2.05) is 0 Å². The number of amides is 3. The zero-order valence-electron chi connectivity index (χ0n) is 16.7. The fourth-order valence-electron chi connectivity index (χ4n) is 6.74. The number of hydrogen-bond acceptors (Lipinski definition) is 2. The summed E-state index contributed by atoms with van der Waals surface area (Å²) in [4.78, 5) is 24.6. The first kappa shape index (κ1) is 19.1. The van der Waals surface area contributed by atoms with Gasteiger partial charge in [-0.25, -0.2) is 4.79 Å².